The number of ether oxygens (including phenoxy) is 3. The summed E-state index contributed by atoms with van der Waals surface area (Å²) in [6.45, 7) is 5.79. The molecule has 1 unspecified atom stereocenters. The molecule has 0 spiro atoms. The predicted octanol–water partition coefficient (Wildman–Crippen LogP) is 2.65. The maximum Gasteiger partial charge on any atom is 0.122 e. The van der Waals surface area contributed by atoms with Gasteiger partial charge in [-0.25, -0.2) is 0 Å². The Kier molecular flexibility index (Phi) is 6.14. The summed E-state index contributed by atoms with van der Waals surface area (Å²) < 4.78 is 16.6. The van der Waals surface area contributed by atoms with Crippen molar-refractivity contribution in [1.29, 1.82) is 0 Å². The number of nitrogens with zero attached hydrogens (tertiary/aromatic N) is 1. The van der Waals surface area contributed by atoms with Gasteiger partial charge in [-0.05, 0) is 43.3 Å². The predicted molar refractivity (Wildman–Crippen MR) is 97.6 cm³/mol. The summed E-state index contributed by atoms with van der Waals surface area (Å²) in [5, 5.41) is 10.0. The molecule has 2 aromatic carbocycles. The molecule has 1 aliphatic heterocycles. The lowest BCUT2D eigenvalue weighted by Crippen LogP contribution is -2.36. The number of morpholine rings is 1. The Balaban J connectivity index is 1.42. The SMILES string of the molecule is Cc1ccc(OCC(O)COc2ccc(N3CCOCC3)cc2)cc1. The summed E-state index contributed by atoms with van der Waals surface area (Å²) in [4.78, 5) is 2.29. The van der Waals surface area contributed by atoms with Crippen LogP contribution in [0.3, 0.4) is 0 Å². The molecular formula is C20H25NO4. The Hall–Kier alpha value is -2.24. The molecule has 0 aromatic heterocycles. The summed E-state index contributed by atoms with van der Waals surface area (Å²) in [5.74, 6) is 1.49. The highest BCUT2D eigenvalue weighted by molar-refractivity contribution is 5.49. The van der Waals surface area contributed by atoms with Gasteiger partial charge in [0.2, 0.25) is 0 Å². The van der Waals surface area contributed by atoms with Gasteiger partial charge in [0.05, 0.1) is 13.2 Å². The Morgan fingerprint density at radius 1 is 0.920 bits per heavy atom. The monoisotopic (exact) mass is 343 g/mol. The molecule has 5 nitrogen and oxygen atoms in total. The highest BCUT2D eigenvalue weighted by Crippen LogP contribution is 2.20. The van der Waals surface area contributed by atoms with Crippen LogP contribution in [0, 0.1) is 6.92 Å². The zero-order chi connectivity index (χ0) is 17.5. The molecule has 3 rings (SSSR count). The van der Waals surface area contributed by atoms with Crippen LogP contribution in [-0.4, -0.2) is 50.7 Å². The average Bonchev–Trinajstić information content (AvgIpc) is 2.67. The van der Waals surface area contributed by atoms with Crippen molar-refractivity contribution in [2.75, 3.05) is 44.4 Å². The largest absolute Gasteiger partial charge is 0.491 e. The highest BCUT2D eigenvalue weighted by Gasteiger charge is 2.11. The number of aryl methyl sites for hydroxylation is 1. The van der Waals surface area contributed by atoms with Crippen LogP contribution in [0.5, 0.6) is 11.5 Å². The Morgan fingerprint density at radius 2 is 1.44 bits per heavy atom. The first kappa shape index (κ1) is 17.6. The van der Waals surface area contributed by atoms with Crippen molar-refractivity contribution in [1.82, 2.24) is 0 Å². The number of hydrogen-bond donors (Lipinski definition) is 1. The minimum absolute atomic E-state index is 0.197. The zero-order valence-corrected chi connectivity index (χ0v) is 14.6. The van der Waals surface area contributed by atoms with Gasteiger partial charge in [-0.3, -0.25) is 0 Å². The second-order valence-corrected chi connectivity index (χ2v) is 6.18. The third-order valence-electron chi connectivity index (χ3n) is 4.12. The van der Waals surface area contributed by atoms with Crippen LogP contribution < -0.4 is 14.4 Å². The third-order valence-corrected chi connectivity index (χ3v) is 4.12. The van der Waals surface area contributed by atoms with E-state index >= 15 is 0 Å². The van der Waals surface area contributed by atoms with Crippen molar-refractivity contribution in [3.8, 4) is 11.5 Å². The molecule has 1 N–H and O–H groups in total. The van der Waals surface area contributed by atoms with Gasteiger partial charge in [-0.2, -0.15) is 0 Å². The molecule has 0 saturated carbocycles. The van der Waals surface area contributed by atoms with E-state index in [0.717, 1.165) is 37.8 Å². The highest BCUT2D eigenvalue weighted by atomic mass is 16.5. The lowest BCUT2D eigenvalue weighted by Gasteiger charge is -2.28. The summed E-state index contributed by atoms with van der Waals surface area (Å²) >= 11 is 0. The van der Waals surface area contributed by atoms with E-state index in [1.165, 1.54) is 11.3 Å². The van der Waals surface area contributed by atoms with E-state index in [2.05, 4.69) is 4.90 Å². The smallest absolute Gasteiger partial charge is 0.122 e. The maximum absolute atomic E-state index is 10.0. The number of aliphatic hydroxyl groups is 1. The number of benzene rings is 2. The standard InChI is InChI=1S/C20H25NO4/c1-16-2-6-19(7-3-16)24-14-18(22)15-25-20-8-4-17(5-9-20)21-10-12-23-13-11-21/h2-9,18,22H,10-15H2,1H3. The molecule has 1 atom stereocenters. The van der Waals surface area contributed by atoms with E-state index < -0.39 is 6.10 Å². The summed E-state index contributed by atoms with van der Waals surface area (Å²) in [5.41, 5.74) is 2.34. The molecule has 1 saturated heterocycles. The van der Waals surface area contributed by atoms with Gasteiger partial charge in [0.25, 0.3) is 0 Å². The molecule has 0 bridgehead atoms. The Bertz CT molecular complexity index is 636. The van der Waals surface area contributed by atoms with Crippen LogP contribution in [0.15, 0.2) is 48.5 Å². The fourth-order valence-electron chi connectivity index (χ4n) is 2.64. The number of aliphatic hydroxyl groups excluding tert-OH is 1. The van der Waals surface area contributed by atoms with Crippen LogP contribution in [0.25, 0.3) is 0 Å². The first-order chi connectivity index (χ1) is 12.2. The van der Waals surface area contributed by atoms with Crippen molar-refractivity contribution >= 4 is 5.69 Å². The molecule has 5 heteroatoms. The molecule has 1 heterocycles. The first-order valence-electron chi connectivity index (χ1n) is 8.64. The van der Waals surface area contributed by atoms with Crippen molar-refractivity contribution in [2.45, 2.75) is 13.0 Å². The van der Waals surface area contributed by atoms with E-state index in [9.17, 15) is 5.11 Å². The van der Waals surface area contributed by atoms with Crippen molar-refractivity contribution in [3.63, 3.8) is 0 Å². The van der Waals surface area contributed by atoms with Gasteiger partial charge in [0.15, 0.2) is 0 Å². The first-order valence-corrected chi connectivity index (χ1v) is 8.64. The van der Waals surface area contributed by atoms with Crippen molar-refractivity contribution < 1.29 is 19.3 Å². The topological polar surface area (TPSA) is 51.2 Å². The fraction of sp³-hybridized carbons (Fsp3) is 0.400. The molecular weight excluding hydrogens is 318 g/mol. The van der Waals surface area contributed by atoms with Gasteiger partial charge in [-0.15, -0.1) is 0 Å². The van der Waals surface area contributed by atoms with Crippen LogP contribution in [-0.2, 0) is 4.74 Å². The van der Waals surface area contributed by atoms with Gasteiger partial charge in [-0.1, -0.05) is 17.7 Å². The summed E-state index contributed by atoms with van der Waals surface area (Å²) in [6, 6.07) is 15.7. The van der Waals surface area contributed by atoms with E-state index in [4.69, 9.17) is 14.2 Å². The molecule has 1 aliphatic rings. The lowest BCUT2D eigenvalue weighted by atomic mass is 10.2. The molecule has 0 radical (unpaired) electrons. The van der Waals surface area contributed by atoms with Crippen LogP contribution in [0.2, 0.25) is 0 Å². The lowest BCUT2D eigenvalue weighted by molar-refractivity contribution is 0.0626. The van der Waals surface area contributed by atoms with Crippen LogP contribution in [0.4, 0.5) is 5.69 Å². The van der Waals surface area contributed by atoms with Crippen molar-refractivity contribution in [3.05, 3.63) is 54.1 Å². The number of hydrogen-bond acceptors (Lipinski definition) is 5. The van der Waals surface area contributed by atoms with E-state index in [-0.39, 0.29) is 13.2 Å². The fourth-order valence-corrected chi connectivity index (χ4v) is 2.64. The van der Waals surface area contributed by atoms with Gasteiger partial charge in [0.1, 0.15) is 30.8 Å². The zero-order valence-electron chi connectivity index (χ0n) is 14.6. The second-order valence-electron chi connectivity index (χ2n) is 6.18. The normalized spacial score (nSPS) is 15.7. The number of rotatable bonds is 7. The maximum atomic E-state index is 10.0. The minimum Gasteiger partial charge on any atom is -0.491 e. The number of anilines is 1. The summed E-state index contributed by atoms with van der Waals surface area (Å²) in [6.07, 6.45) is -0.680. The molecule has 2 aromatic rings. The van der Waals surface area contributed by atoms with Gasteiger partial charge >= 0.3 is 0 Å². The molecule has 0 amide bonds. The summed E-state index contributed by atoms with van der Waals surface area (Å²) in [7, 11) is 0. The van der Waals surface area contributed by atoms with E-state index in [0.29, 0.717) is 0 Å². The molecule has 1 fully saturated rings. The Morgan fingerprint density at radius 3 is 2.00 bits per heavy atom. The van der Waals surface area contributed by atoms with Gasteiger partial charge < -0.3 is 24.2 Å². The Labute approximate surface area is 148 Å². The van der Waals surface area contributed by atoms with E-state index in [1.807, 2.05) is 55.5 Å². The van der Waals surface area contributed by atoms with Crippen molar-refractivity contribution in [2.24, 2.45) is 0 Å². The third kappa shape index (κ3) is 5.37. The average molecular weight is 343 g/mol. The van der Waals surface area contributed by atoms with Gasteiger partial charge in [0, 0.05) is 18.8 Å². The quantitative estimate of drug-likeness (QED) is 0.838. The minimum atomic E-state index is -0.680. The van der Waals surface area contributed by atoms with Crippen LogP contribution >= 0.6 is 0 Å². The molecule has 134 valence electrons. The van der Waals surface area contributed by atoms with Crippen LogP contribution in [0.1, 0.15) is 5.56 Å². The van der Waals surface area contributed by atoms with E-state index in [1.54, 1.807) is 0 Å². The second kappa shape index (κ2) is 8.74. The molecule has 0 aliphatic carbocycles. The molecule has 25 heavy (non-hydrogen) atoms.